The Balaban J connectivity index is 2.08. The van der Waals surface area contributed by atoms with E-state index in [0.29, 0.717) is 18.2 Å². The van der Waals surface area contributed by atoms with Gasteiger partial charge in [0.1, 0.15) is 0 Å². The Morgan fingerprint density at radius 2 is 2.21 bits per heavy atom. The first-order valence-corrected chi connectivity index (χ1v) is 6.88. The third kappa shape index (κ3) is 3.53. The number of aryl methyl sites for hydroxylation is 1. The Morgan fingerprint density at radius 3 is 2.79 bits per heavy atom. The first kappa shape index (κ1) is 14.0. The molecule has 1 aromatic heterocycles. The molecule has 6 heteroatoms. The molecule has 1 aliphatic carbocycles. The van der Waals surface area contributed by atoms with Gasteiger partial charge in [-0.15, -0.1) is 5.10 Å². The molecule has 0 N–H and O–H groups in total. The van der Waals surface area contributed by atoms with Gasteiger partial charge in [-0.25, -0.2) is 9.48 Å². The first-order valence-electron chi connectivity index (χ1n) is 6.88. The Labute approximate surface area is 113 Å². The number of rotatable bonds is 7. The molecular formula is C13H22N4O2. The summed E-state index contributed by atoms with van der Waals surface area (Å²) in [5.74, 6) is 0.0945. The van der Waals surface area contributed by atoms with Gasteiger partial charge in [0.25, 0.3) is 0 Å². The van der Waals surface area contributed by atoms with Crippen LogP contribution in [0.2, 0.25) is 0 Å². The van der Waals surface area contributed by atoms with E-state index < -0.39 is 0 Å². The van der Waals surface area contributed by atoms with E-state index in [1.54, 1.807) is 6.92 Å². The fraction of sp³-hybridized carbons (Fsp3) is 0.769. The zero-order valence-corrected chi connectivity index (χ0v) is 11.9. The fourth-order valence-corrected chi connectivity index (χ4v) is 2.13. The third-order valence-electron chi connectivity index (χ3n) is 3.18. The van der Waals surface area contributed by atoms with Gasteiger partial charge in [-0.05, 0) is 46.8 Å². The SMILES string of the molecule is CCOC(=O)c1nnn(CCCN(C)C)c1C1CC1. The zero-order chi connectivity index (χ0) is 13.8. The quantitative estimate of drug-likeness (QED) is 0.696. The number of hydrogen-bond acceptors (Lipinski definition) is 5. The largest absolute Gasteiger partial charge is 0.461 e. The molecule has 1 aliphatic rings. The van der Waals surface area contributed by atoms with Crippen molar-refractivity contribution in [3.63, 3.8) is 0 Å². The van der Waals surface area contributed by atoms with Gasteiger partial charge in [0.05, 0.1) is 12.3 Å². The van der Waals surface area contributed by atoms with E-state index in [1.807, 2.05) is 18.8 Å². The summed E-state index contributed by atoms with van der Waals surface area (Å²) in [7, 11) is 4.10. The molecule has 0 bridgehead atoms. The van der Waals surface area contributed by atoms with E-state index >= 15 is 0 Å². The molecule has 1 heterocycles. The zero-order valence-electron chi connectivity index (χ0n) is 11.9. The van der Waals surface area contributed by atoms with Crippen LogP contribution in [0, 0.1) is 0 Å². The van der Waals surface area contributed by atoms with Crippen molar-refractivity contribution in [3.8, 4) is 0 Å². The van der Waals surface area contributed by atoms with E-state index in [1.165, 1.54) is 0 Å². The average molecular weight is 266 g/mol. The number of ether oxygens (including phenoxy) is 1. The summed E-state index contributed by atoms with van der Waals surface area (Å²) in [6.45, 7) is 3.97. The second-order valence-electron chi connectivity index (χ2n) is 5.20. The van der Waals surface area contributed by atoms with Crippen molar-refractivity contribution in [2.45, 2.75) is 38.6 Å². The van der Waals surface area contributed by atoms with Crippen molar-refractivity contribution in [2.75, 3.05) is 27.2 Å². The molecule has 0 atom stereocenters. The van der Waals surface area contributed by atoms with Crippen LogP contribution in [0.5, 0.6) is 0 Å². The Morgan fingerprint density at radius 1 is 1.47 bits per heavy atom. The van der Waals surface area contributed by atoms with Gasteiger partial charge in [0.2, 0.25) is 0 Å². The molecule has 0 aromatic carbocycles. The third-order valence-corrected chi connectivity index (χ3v) is 3.18. The molecule has 2 rings (SSSR count). The summed E-state index contributed by atoms with van der Waals surface area (Å²) in [6.07, 6.45) is 3.24. The molecule has 6 nitrogen and oxygen atoms in total. The Hall–Kier alpha value is -1.43. The van der Waals surface area contributed by atoms with E-state index in [0.717, 1.165) is 38.0 Å². The summed E-state index contributed by atoms with van der Waals surface area (Å²) >= 11 is 0. The number of esters is 1. The van der Waals surface area contributed by atoms with E-state index in [2.05, 4.69) is 15.2 Å². The van der Waals surface area contributed by atoms with Crippen LogP contribution in [-0.2, 0) is 11.3 Å². The van der Waals surface area contributed by atoms with Crippen LogP contribution < -0.4 is 0 Å². The van der Waals surface area contributed by atoms with Crippen molar-refractivity contribution < 1.29 is 9.53 Å². The summed E-state index contributed by atoms with van der Waals surface area (Å²) in [5, 5.41) is 8.14. The highest BCUT2D eigenvalue weighted by Gasteiger charge is 2.34. The molecule has 1 saturated carbocycles. The molecule has 106 valence electrons. The van der Waals surface area contributed by atoms with Crippen LogP contribution in [0.15, 0.2) is 0 Å². The summed E-state index contributed by atoms with van der Waals surface area (Å²) < 4.78 is 6.92. The smallest absolute Gasteiger partial charge is 0.360 e. The summed E-state index contributed by atoms with van der Waals surface area (Å²) in [5.41, 5.74) is 1.38. The van der Waals surface area contributed by atoms with Crippen molar-refractivity contribution in [3.05, 3.63) is 11.4 Å². The number of aromatic nitrogens is 3. The number of carbonyl (C=O) groups excluding carboxylic acids is 1. The lowest BCUT2D eigenvalue weighted by Crippen LogP contribution is -2.16. The van der Waals surface area contributed by atoms with Gasteiger partial charge in [0, 0.05) is 12.5 Å². The molecular weight excluding hydrogens is 244 g/mol. The summed E-state index contributed by atoms with van der Waals surface area (Å²) in [4.78, 5) is 14.0. The lowest BCUT2D eigenvalue weighted by atomic mass is 10.2. The predicted molar refractivity (Wildman–Crippen MR) is 71.1 cm³/mol. The maximum absolute atomic E-state index is 11.8. The molecule has 0 amide bonds. The predicted octanol–water partition coefficient (Wildman–Crippen LogP) is 1.28. The average Bonchev–Trinajstić information content (AvgIpc) is 3.10. The lowest BCUT2D eigenvalue weighted by molar-refractivity contribution is 0.0518. The van der Waals surface area contributed by atoms with E-state index in [4.69, 9.17) is 4.74 Å². The van der Waals surface area contributed by atoms with Crippen LogP contribution in [0.25, 0.3) is 0 Å². The van der Waals surface area contributed by atoms with Gasteiger partial charge >= 0.3 is 5.97 Å². The van der Waals surface area contributed by atoms with Crippen LogP contribution in [0.3, 0.4) is 0 Å². The van der Waals surface area contributed by atoms with Gasteiger partial charge < -0.3 is 9.64 Å². The van der Waals surface area contributed by atoms with Gasteiger partial charge in [-0.3, -0.25) is 0 Å². The number of nitrogens with zero attached hydrogens (tertiary/aromatic N) is 4. The highest BCUT2D eigenvalue weighted by molar-refractivity contribution is 5.88. The highest BCUT2D eigenvalue weighted by atomic mass is 16.5. The second-order valence-corrected chi connectivity index (χ2v) is 5.20. The van der Waals surface area contributed by atoms with Crippen LogP contribution >= 0.6 is 0 Å². The normalized spacial score (nSPS) is 14.9. The van der Waals surface area contributed by atoms with Gasteiger partial charge in [-0.2, -0.15) is 0 Å². The molecule has 0 aliphatic heterocycles. The standard InChI is InChI=1S/C13H22N4O2/c1-4-19-13(18)11-12(10-6-7-10)17(15-14-11)9-5-8-16(2)3/h10H,4-9H2,1-3H3. The lowest BCUT2D eigenvalue weighted by Gasteiger charge is -2.10. The molecule has 0 saturated heterocycles. The van der Waals surface area contributed by atoms with Crippen LogP contribution in [-0.4, -0.2) is 53.1 Å². The molecule has 0 radical (unpaired) electrons. The maximum Gasteiger partial charge on any atom is 0.360 e. The van der Waals surface area contributed by atoms with Crippen molar-refractivity contribution in [1.82, 2.24) is 19.9 Å². The fourth-order valence-electron chi connectivity index (χ4n) is 2.13. The molecule has 0 spiro atoms. The molecule has 1 fully saturated rings. The Bertz CT molecular complexity index is 438. The summed E-state index contributed by atoms with van der Waals surface area (Å²) in [6, 6.07) is 0. The van der Waals surface area contributed by atoms with Crippen molar-refractivity contribution in [1.29, 1.82) is 0 Å². The first-order chi connectivity index (χ1) is 9.13. The second kappa shape index (κ2) is 6.14. The molecule has 19 heavy (non-hydrogen) atoms. The van der Waals surface area contributed by atoms with Crippen LogP contribution in [0.1, 0.15) is 48.3 Å². The van der Waals surface area contributed by atoms with E-state index in [-0.39, 0.29) is 5.97 Å². The topological polar surface area (TPSA) is 60.2 Å². The molecule has 1 aromatic rings. The Kier molecular flexibility index (Phi) is 4.52. The van der Waals surface area contributed by atoms with Crippen molar-refractivity contribution in [2.24, 2.45) is 0 Å². The molecule has 0 unspecified atom stereocenters. The number of carbonyl (C=O) groups is 1. The minimum Gasteiger partial charge on any atom is -0.461 e. The number of hydrogen-bond donors (Lipinski definition) is 0. The minimum absolute atomic E-state index is 0.344. The van der Waals surface area contributed by atoms with Crippen LogP contribution in [0.4, 0.5) is 0 Å². The monoisotopic (exact) mass is 266 g/mol. The van der Waals surface area contributed by atoms with Gasteiger partial charge in [0.15, 0.2) is 5.69 Å². The highest BCUT2D eigenvalue weighted by Crippen LogP contribution is 2.41. The van der Waals surface area contributed by atoms with Gasteiger partial charge in [-0.1, -0.05) is 5.21 Å². The maximum atomic E-state index is 11.8. The van der Waals surface area contributed by atoms with E-state index in [9.17, 15) is 4.79 Å². The minimum atomic E-state index is -0.344. The van der Waals surface area contributed by atoms with Crippen molar-refractivity contribution >= 4 is 5.97 Å².